The van der Waals surface area contributed by atoms with Crippen LogP contribution in [-0.2, 0) is 6.54 Å². The van der Waals surface area contributed by atoms with Gasteiger partial charge in [0, 0.05) is 26.6 Å². The maximum absolute atomic E-state index is 11.8. The molecule has 1 aromatic rings. The summed E-state index contributed by atoms with van der Waals surface area (Å²) in [6.45, 7) is 3.49. The average molecular weight is 294 g/mol. The van der Waals surface area contributed by atoms with Gasteiger partial charge in [-0.1, -0.05) is 25.2 Å². The van der Waals surface area contributed by atoms with E-state index in [9.17, 15) is 4.79 Å². The number of nitrogens with one attached hydrogen (secondary N) is 1. The summed E-state index contributed by atoms with van der Waals surface area (Å²) in [5.41, 5.74) is 1.08. The Balaban J connectivity index is 2.44. The zero-order valence-corrected chi connectivity index (χ0v) is 12.9. The summed E-state index contributed by atoms with van der Waals surface area (Å²) < 4.78 is 0. The fourth-order valence-electron chi connectivity index (χ4n) is 1.58. The number of carbonyl (C=O) groups excluding carboxylic acids is 1. The van der Waals surface area contributed by atoms with Gasteiger partial charge in [-0.3, -0.25) is 0 Å². The van der Waals surface area contributed by atoms with E-state index >= 15 is 0 Å². The molecule has 0 fully saturated rings. The second-order valence-corrected chi connectivity index (χ2v) is 5.45. The molecule has 0 bridgehead atoms. The molecule has 2 amide bonds. The predicted octanol–water partition coefficient (Wildman–Crippen LogP) is 2.42. The Kier molecular flexibility index (Phi) is 7.78. The fraction of sp³-hybridized carbons (Fsp3) is 0.533. The number of nitrogens with zero attached hydrogens (tertiary/aromatic N) is 1. The first-order chi connectivity index (χ1) is 9.67. The highest BCUT2D eigenvalue weighted by molar-refractivity contribution is 7.10. The van der Waals surface area contributed by atoms with Crippen LogP contribution < -0.4 is 5.32 Å². The van der Waals surface area contributed by atoms with Crippen molar-refractivity contribution in [1.82, 2.24) is 10.2 Å². The lowest BCUT2D eigenvalue weighted by atomic mass is 10.3. The molecule has 20 heavy (non-hydrogen) atoms. The van der Waals surface area contributed by atoms with Crippen LogP contribution >= 0.6 is 11.3 Å². The summed E-state index contributed by atoms with van der Waals surface area (Å²) in [6, 6.07) is 1.95. The molecule has 1 aromatic heterocycles. The lowest BCUT2D eigenvalue weighted by Gasteiger charge is -2.17. The van der Waals surface area contributed by atoms with Crippen molar-refractivity contribution >= 4 is 17.4 Å². The minimum atomic E-state index is -0.0439. The Morgan fingerprint density at radius 2 is 2.35 bits per heavy atom. The molecule has 4 nitrogen and oxygen atoms in total. The number of unbranched alkanes of at least 4 members (excludes halogenated alkanes) is 1. The first-order valence-corrected chi connectivity index (χ1v) is 7.71. The van der Waals surface area contributed by atoms with Crippen LogP contribution in [0.2, 0.25) is 0 Å². The van der Waals surface area contributed by atoms with Crippen molar-refractivity contribution in [3.63, 3.8) is 0 Å². The summed E-state index contributed by atoms with van der Waals surface area (Å²) in [5, 5.41) is 13.6. The van der Waals surface area contributed by atoms with E-state index in [2.05, 4.69) is 24.1 Å². The Labute approximate surface area is 124 Å². The molecule has 0 aliphatic carbocycles. The van der Waals surface area contributed by atoms with E-state index in [0.717, 1.165) is 29.8 Å². The molecular weight excluding hydrogens is 272 g/mol. The Bertz CT molecular complexity index is 474. The van der Waals surface area contributed by atoms with Crippen LogP contribution in [0, 0.1) is 11.8 Å². The second kappa shape index (κ2) is 9.40. The molecule has 0 spiro atoms. The van der Waals surface area contributed by atoms with Crippen molar-refractivity contribution in [2.75, 3.05) is 20.2 Å². The van der Waals surface area contributed by atoms with Gasteiger partial charge in [0.05, 0.1) is 11.5 Å². The second-order valence-electron chi connectivity index (χ2n) is 4.54. The van der Waals surface area contributed by atoms with Crippen LogP contribution in [0.1, 0.15) is 36.6 Å². The minimum absolute atomic E-state index is 0.0439. The summed E-state index contributed by atoms with van der Waals surface area (Å²) in [4.78, 5) is 14.4. The van der Waals surface area contributed by atoms with Crippen LogP contribution in [0.15, 0.2) is 11.4 Å². The molecule has 0 unspecified atom stereocenters. The van der Waals surface area contributed by atoms with E-state index in [4.69, 9.17) is 5.11 Å². The highest BCUT2D eigenvalue weighted by atomic mass is 32.1. The van der Waals surface area contributed by atoms with Gasteiger partial charge in [0.2, 0.25) is 0 Å². The van der Waals surface area contributed by atoms with Crippen LogP contribution in [0.25, 0.3) is 0 Å². The number of aliphatic hydroxyl groups excluding tert-OH is 1. The smallest absolute Gasteiger partial charge is 0.317 e. The van der Waals surface area contributed by atoms with Crippen molar-refractivity contribution in [2.24, 2.45) is 0 Å². The normalized spacial score (nSPS) is 9.75. The lowest BCUT2D eigenvalue weighted by Crippen LogP contribution is -2.37. The maximum atomic E-state index is 11.8. The average Bonchev–Trinajstić information content (AvgIpc) is 2.86. The standard InChI is InChI=1S/C15H22N2O2S/c1-3-4-8-16-15(19)17(2)11-13-10-14(20-12-13)7-5-6-9-18/h10,12,18H,3-4,6,8-9,11H2,1-2H3,(H,16,19). The number of urea groups is 1. The van der Waals surface area contributed by atoms with Crippen LogP contribution in [0.3, 0.4) is 0 Å². The number of hydrogen-bond donors (Lipinski definition) is 2. The monoisotopic (exact) mass is 294 g/mol. The SMILES string of the molecule is CCCCNC(=O)N(C)Cc1csc(C#CCCO)c1. The van der Waals surface area contributed by atoms with E-state index in [1.165, 1.54) is 0 Å². The third-order valence-corrected chi connectivity index (χ3v) is 3.57. The quantitative estimate of drug-likeness (QED) is 0.625. The van der Waals surface area contributed by atoms with Crippen LogP contribution in [0.5, 0.6) is 0 Å². The molecule has 0 radical (unpaired) electrons. The van der Waals surface area contributed by atoms with Gasteiger partial charge in [-0.2, -0.15) is 0 Å². The van der Waals surface area contributed by atoms with Crippen molar-refractivity contribution < 1.29 is 9.90 Å². The Morgan fingerprint density at radius 3 is 3.05 bits per heavy atom. The molecule has 0 aliphatic heterocycles. The van der Waals surface area contributed by atoms with Gasteiger partial charge in [0.25, 0.3) is 0 Å². The molecular formula is C15H22N2O2S. The number of aliphatic hydroxyl groups is 1. The van der Waals surface area contributed by atoms with Gasteiger partial charge < -0.3 is 15.3 Å². The van der Waals surface area contributed by atoms with Gasteiger partial charge in [0.1, 0.15) is 0 Å². The molecule has 0 aliphatic rings. The molecule has 1 heterocycles. The molecule has 110 valence electrons. The van der Waals surface area contributed by atoms with Crippen molar-refractivity contribution in [1.29, 1.82) is 0 Å². The van der Waals surface area contributed by atoms with E-state index in [-0.39, 0.29) is 12.6 Å². The summed E-state index contributed by atoms with van der Waals surface area (Å²) >= 11 is 1.56. The van der Waals surface area contributed by atoms with Gasteiger partial charge in [-0.05, 0) is 23.4 Å². The van der Waals surface area contributed by atoms with E-state index in [0.29, 0.717) is 13.0 Å². The Hall–Kier alpha value is -1.51. The summed E-state index contributed by atoms with van der Waals surface area (Å²) in [6.07, 6.45) is 2.57. The van der Waals surface area contributed by atoms with E-state index in [1.54, 1.807) is 23.3 Å². The third kappa shape index (κ3) is 6.09. The van der Waals surface area contributed by atoms with Gasteiger partial charge in [0.15, 0.2) is 0 Å². The molecule has 1 rings (SSSR count). The fourth-order valence-corrected chi connectivity index (χ4v) is 2.35. The summed E-state index contributed by atoms with van der Waals surface area (Å²) in [5.74, 6) is 5.89. The van der Waals surface area contributed by atoms with E-state index < -0.39 is 0 Å². The van der Waals surface area contributed by atoms with Gasteiger partial charge in [-0.25, -0.2) is 4.79 Å². The first-order valence-electron chi connectivity index (χ1n) is 6.83. The van der Waals surface area contributed by atoms with Crippen LogP contribution in [-0.4, -0.2) is 36.2 Å². The highest BCUT2D eigenvalue weighted by Crippen LogP contribution is 2.15. The number of carbonyl (C=O) groups is 1. The zero-order valence-electron chi connectivity index (χ0n) is 12.1. The third-order valence-electron chi connectivity index (χ3n) is 2.68. The first kappa shape index (κ1) is 16.5. The molecule has 0 saturated carbocycles. The number of amides is 2. The number of rotatable bonds is 6. The molecule has 0 atom stereocenters. The molecule has 0 saturated heterocycles. The lowest BCUT2D eigenvalue weighted by molar-refractivity contribution is 0.207. The predicted molar refractivity (Wildman–Crippen MR) is 82.7 cm³/mol. The Morgan fingerprint density at radius 1 is 1.55 bits per heavy atom. The van der Waals surface area contributed by atoms with Gasteiger partial charge >= 0.3 is 6.03 Å². The van der Waals surface area contributed by atoms with Crippen molar-refractivity contribution in [2.45, 2.75) is 32.7 Å². The largest absolute Gasteiger partial charge is 0.395 e. The van der Waals surface area contributed by atoms with Crippen LogP contribution in [0.4, 0.5) is 4.79 Å². The zero-order chi connectivity index (χ0) is 14.8. The molecule has 2 N–H and O–H groups in total. The van der Waals surface area contributed by atoms with E-state index in [1.807, 2.05) is 11.4 Å². The highest BCUT2D eigenvalue weighted by Gasteiger charge is 2.09. The summed E-state index contributed by atoms with van der Waals surface area (Å²) in [7, 11) is 1.79. The number of hydrogen-bond acceptors (Lipinski definition) is 3. The topological polar surface area (TPSA) is 52.6 Å². The molecule has 5 heteroatoms. The van der Waals surface area contributed by atoms with Gasteiger partial charge in [-0.15, -0.1) is 11.3 Å². The number of thiophene rings is 1. The maximum Gasteiger partial charge on any atom is 0.317 e. The van der Waals surface area contributed by atoms with Crippen molar-refractivity contribution in [3.05, 3.63) is 21.9 Å². The van der Waals surface area contributed by atoms with Crippen molar-refractivity contribution in [3.8, 4) is 11.8 Å². The molecule has 0 aromatic carbocycles. The minimum Gasteiger partial charge on any atom is -0.395 e.